The van der Waals surface area contributed by atoms with E-state index in [0.717, 1.165) is 21.7 Å². The van der Waals surface area contributed by atoms with Crippen LogP contribution in [0.15, 0.2) is 76.3 Å². The maximum atomic E-state index is 12.3. The molecule has 0 fully saturated rings. The summed E-state index contributed by atoms with van der Waals surface area (Å²) in [4.78, 5) is 13.3. The third kappa shape index (κ3) is 5.22. The minimum absolute atomic E-state index is 0.154. The lowest BCUT2D eigenvalue weighted by Crippen LogP contribution is -2.20. The third-order valence-corrected chi connectivity index (χ3v) is 6.49. The van der Waals surface area contributed by atoms with Crippen molar-refractivity contribution in [3.63, 3.8) is 0 Å². The van der Waals surface area contributed by atoms with Gasteiger partial charge in [0.2, 0.25) is 0 Å². The second-order valence-electron chi connectivity index (χ2n) is 6.53. The van der Waals surface area contributed by atoms with Crippen molar-refractivity contribution in [1.82, 2.24) is 20.2 Å². The summed E-state index contributed by atoms with van der Waals surface area (Å²) in [5, 5.41) is 16.0. The van der Waals surface area contributed by atoms with Crippen molar-refractivity contribution in [3.05, 3.63) is 81.5 Å². The van der Waals surface area contributed by atoms with E-state index in [9.17, 15) is 4.79 Å². The summed E-state index contributed by atoms with van der Waals surface area (Å²) in [6.45, 7) is 2.00. The molecular weight excluding hydrogens is 450 g/mol. The van der Waals surface area contributed by atoms with Crippen molar-refractivity contribution in [1.29, 1.82) is 0 Å². The normalized spacial score (nSPS) is 11.2. The predicted molar refractivity (Wildman–Crippen MR) is 127 cm³/mol. The molecule has 0 bridgehead atoms. The smallest absolute Gasteiger partial charge is 0.250 e. The van der Waals surface area contributed by atoms with Gasteiger partial charge in [0, 0.05) is 21.2 Å². The van der Waals surface area contributed by atoms with Crippen LogP contribution in [0, 0.1) is 6.92 Å². The van der Waals surface area contributed by atoms with Gasteiger partial charge in [-0.15, -0.1) is 21.5 Å². The van der Waals surface area contributed by atoms with E-state index in [0.29, 0.717) is 16.0 Å². The van der Waals surface area contributed by atoms with Gasteiger partial charge in [0.25, 0.3) is 5.91 Å². The Morgan fingerprint density at radius 2 is 1.94 bits per heavy atom. The van der Waals surface area contributed by atoms with Crippen LogP contribution in [0.1, 0.15) is 10.4 Å². The number of thioether (sulfide) groups is 1. The molecule has 156 valence electrons. The summed E-state index contributed by atoms with van der Waals surface area (Å²) in [5.74, 6) is 0.626. The summed E-state index contributed by atoms with van der Waals surface area (Å²) >= 11 is 8.93. The molecule has 0 aliphatic rings. The van der Waals surface area contributed by atoms with E-state index in [1.165, 1.54) is 11.8 Å². The Labute approximate surface area is 193 Å². The molecule has 4 rings (SSSR count). The van der Waals surface area contributed by atoms with Crippen LogP contribution in [0.2, 0.25) is 5.02 Å². The number of nitrogens with zero attached hydrogens (tertiary/aromatic N) is 4. The molecule has 0 aliphatic heterocycles. The van der Waals surface area contributed by atoms with Crippen molar-refractivity contribution < 1.29 is 4.79 Å². The van der Waals surface area contributed by atoms with E-state index in [4.69, 9.17) is 11.6 Å². The molecule has 0 aliphatic carbocycles. The topological polar surface area (TPSA) is 72.2 Å². The molecule has 0 saturated heterocycles. The lowest BCUT2D eigenvalue weighted by Gasteiger charge is -2.10. The van der Waals surface area contributed by atoms with Crippen LogP contribution < -0.4 is 5.43 Å². The van der Waals surface area contributed by atoms with Crippen molar-refractivity contribution in [3.8, 4) is 17.1 Å². The summed E-state index contributed by atoms with van der Waals surface area (Å²) in [6.07, 6.45) is 1.66. The van der Waals surface area contributed by atoms with E-state index in [-0.39, 0.29) is 11.7 Å². The first-order valence-electron chi connectivity index (χ1n) is 9.37. The maximum absolute atomic E-state index is 12.3. The van der Waals surface area contributed by atoms with Gasteiger partial charge in [0.1, 0.15) is 0 Å². The molecular formula is C22H18ClN5OS2. The number of rotatable bonds is 7. The lowest BCUT2D eigenvalue weighted by atomic mass is 10.2. The SMILES string of the molecule is Cc1ccsc1/C=N/NC(=O)CSc1nnc(-c2ccccc2)n1-c1ccc(Cl)cc1. The number of amides is 1. The second kappa shape index (κ2) is 9.91. The molecule has 2 aromatic heterocycles. The average molecular weight is 468 g/mol. The monoisotopic (exact) mass is 467 g/mol. The van der Waals surface area contributed by atoms with Crippen molar-refractivity contribution in [2.75, 3.05) is 5.75 Å². The van der Waals surface area contributed by atoms with Gasteiger partial charge in [-0.2, -0.15) is 5.10 Å². The van der Waals surface area contributed by atoms with Crippen molar-refractivity contribution in [2.24, 2.45) is 5.10 Å². The summed E-state index contributed by atoms with van der Waals surface area (Å²) in [7, 11) is 0. The van der Waals surface area contributed by atoms with Crippen LogP contribution in [0.4, 0.5) is 0 Å². The molecule has 2 heterocycles. The Bertz CT molecular complexity index is 1200. The van der Waals surface area contributed by atoms with Crippen LogP contribution in [0.25, 0.3) is 17.1 Å². The van der Waals surface area contributed by atoms with Crippen LogP contribution in [-0.4, -0.2) is 32.6 Å². The molecule has 1 amide bonds. The molecule has 0 saturated carbocycles. The number of aryl methyl sites for hydroxylation is 1. The number of hydrogen-bond donors (Lipinski definition) is 1. The number of carbonyl (C=O) groups excluding carboxylic acids is 1. The fourth-order valence-electron chi connectivity index (χ4n) is 2.80. The fraction of sp³-hybridized carbons (Fsp3) is 0.0909. The minimum Gasteiger partial charge on any atom is -0.272 e. The van der Waals surface area contributed by atoms with Gasteiger partial charge in [-0.25, -0.2) is 5.43 Å². The van der Waals surface area contributed by atoms with Gasteiger partial charge >= 0.3 is 0 Å². The Morgan fingerprint density at radius 1 is 1.16 bits per heavy atom. The molecule has 2 aromatic carbocycles. The van der Waals surface area contributed by atoms with E-state index in [1.807, 2.05) is 77.5 Å². The van der Waals surface area contributed by atoms with Gasteiger partial charge in [-0.1, -0.05) is 53.7 Å². The number of benzene rings is 2. The van der Waals surface area contributed by atoms with Crippen molar-refractivity contribution in [2.45, 2.75) is 12.1 Å². The highest BCUT2D eigenvalue weighted by molar-refractivity contribution is 7.99. The number of hydrogen-bond acceptors (Lipinski definition) is 6. The van der Waals surface area contributed by atoms with Gasteiger partial charge < -0.3 is 0 Å². The quantitative estimate of drug-likeness (QED) is 0.230. The zero-order valence-electron chi connectivity index (χ0n) is 16.5. The summed E-state index contributed by atoms with van der Waals surface area (Å²) in [5.41, 5.74) is 5.48. The number of halogens is 1. The lowest BCUT2D eigenvalue weighted by molar-refractivity contribution is -0.118. The van der Waals surface area contributed by atoms with E-state index >= 15 is 0 Å². The number of carbonyl (C=O) groups is 1. The average Bonchev–Trinajstić information content (AvgIpc) is 3.40. The highest BCUT2D eigenvalue weighted by Gasteiger charge is 2.17. The standard InChI is InChI=1S/C22H18ClN5OS2/c1-15-11-12-30-19(15)13-24-25-20(29)14-31-22-27-26-21(16-5-3-2-4-6-16)28(22)18-9-7-17(23)8-10-18/h2-13H,14H2,1H3,(H,25,29)/b24-13+. The number of thiophene rings is 1. The third-order valence-electron chi connectivity index (χ3n) is 4.36. The molecule has 0 unspecified atom stereocenters. The van der Waals surface area contributed by atoms with Gasteiger partial charge in [0.15, 0.2) is 11.0 Å². The van der Waals surface area contributed by atoms with Crippen LogP contribution in [0.5, 0.6) is 0 Å². The molecule has 4 aromatic rings. The Balaban J connectivity index is 1.52. The molecule has 6 nitrogen and oxygen atoms in total. The van der Waals surface area contributed by atoms with Gasteiger partial charge in [-0.3, -0.25) is 9.36 Å². The highest BCUT2D eigenvalue weighted by Crippen LogP contribution is 2.28. The summed E-state index contributed by atoms with van der Waals surface area (Å²) < 4.78 is 1.92. The number of aromatic nitrogens is 3. The van der Waals surface area contributed by atoms with Gasteiger partial charge in [-0.05, 0) is 48.2 Å². The Hall–Kier alpha value is -2.94. The van der Waals surface area contributed by atoms with E-state index in [2.05, 4.69) is 20.7 Å². The molecule has 1 N–H and O–H groups in total. The van der Waals surface area contributed by atoms with Crippen LogP contribution in [0.3, 0.4) is 0 Å². The molecule has 0 radical (unpaired) electrons. The second-order valence-corrected chi connectivity index (χ2v) is 8.86. The molecule has 0 spiro atoms. The summed E-state index contributed by atoms with van der Waals surface area (Å²) in [6, 6.07) is 19.2. The predicted octanol–water partition coefficient (Wildman–Crippen LogP) is 5.20. The first kappa shape index (κ1) is 21.3. The van der Waals surface area contributed by atoms with E-state index < -0.39 is 0 Å². The van der Waals surface area contributed by atoms with Crippen molar-refractivity contribution >= 4 is 46.8 Å². The largest absolute Gasteiger partial charge is 0.272 e. The first-order chi connectivity index (χ1) is 15.1. The maximum Gasteiger partial charge on any atom is 0.250 e. The van der Waals surface area contributed by atoms with Crippen LogP contribution >= 0.6 is 34.7 Å². The molecule has 31 heavy (non-hydrogen) atoms. The zero-order valence-corrected chi connectivity index (χ0v) is 18.9. The van der Waals surface area contributed by atoms with E-state index in [1.54, 1.807) is 17.6 Å². The highest BCUT2D eigenvalue weighted by atomic mass is 35.5. The Morgan fingerprint density at radius 3 is 2.65 bits per heavy atom. The fourth-order valence-corrected chi connectivity index (χ4v) is 4.46. The van der Waals surface area contributed by atoms with Crippen LogP contribution in [-0.2, 0) is 4.79 Å². The minimum atomic E-state index is -0.220. The first-order valence-corrected chi connectivity index (χ1v) is 11.6. The Kier molecular flexibility index (Phi) is 6.81. The molecule has 9 heteroatoms. The van der Waals surface area contributed by atoms with Gasteiger partial charge in [0.05, 0.1) is 12.0 Å². The molecule has 0 atom stereocenters. The zero-order chi connectivity index (χ0) is 21.6. The number of nitrogens with one attached hydrogen (secondary N) is 1. The number of hydrazone groups is 1.